The first-order valence-corrected chi connectivity index (χ1v) is 6.50. The molecule has 0 aliphatic heterocycles. The minimum absolute atomic E-state index is 0.173. The molecule has 2 heterocycles. The topological polar surface area (TPSA) is 62.7 Å². The minimum atomic E-state index is -0.173. The maximum atomic E-state index is 11.8. The van der Waals surface area contributed by atoms with Crippen LogP contribution in [-0.4, -0.2) is 14.8 Å². The van der Waals surface area contributed by atoms with Crippen molar-refractivity contribution in [3.8, 4) is 0 Å². The number of hydrogen-bond acceptors (Lipinski definition) is 3. The molecule has 2 aromatic heterocycles. The van der Waals surface area contributed by atoms with E-state index in [1.54, 1.807) is 13.2 Å². The summed E-state index contributed by atoms with van der Waals surface area (Å²) >= 11 is 3.29. The Morgan fingerprint density at radius 2 is 2.21 bits per heavy atom. The molecule has 0 saturated carbocycles. The van der Waals surface area contributed by atoms with E-state index in [1.165, 1.54) is 4.68 Å². The fourth-order valence-corrected chi connectivity index (χ4v) is 2.34. The number of benzene rings is 1. The average Bonchev–Trinajstić information content (AvgIpc) is 2.87. The van der Waals surface area contributed by atoms with Gasteiger partial charge in [-0.3, -0.25) is 4.79 Å². The Morgan fingerprint density at radius 1 is 1.37 bits per heavy atom. The van der Waals surface area contributed by atoms with Crippen LogP contribution in [-0.2, 0) is 7.05 Å². The van der Waals surface area contributed by atoms with Gasteiger partial charge in [0.2, 0.25) is 0 Å². The fourth-order valence-electron chi connectivity index (χ4n) is 1.88. The van der Waals surface area contributed by atoms with Crippen LogP contribution in [0, 0.1) is 0 Å². The molecule has 0 atom stereocenters. The van der Waals surface area contributed by atoms with Crippen LogP contribution in [0.5, 0.6) is 0 Å². The first-order chi connectivity index (χ1) is 9.15. The van der Waals surface area contributed by atoms with Gasteiger partial charge in [0.25, 0.3) is 5.56 Å². The summed E-state index contributed by atoms with van der Waals surface area (Å²) in [5, 5.41) is 8.29. The number of aryl methyl sites for hydroxylation is 1. The molecule has 5 nitrogen and oxygen atoms in total. The summed E-state index contributed by atoms with van der Waals surface area (Å²) in [5.74, 6) is 0. The van der Waals surface area contributed by atoms with E-state index in [2.05, 4.69) is 31.3 Å². The van der Waals surface area contributed by atoms with Gasteiger partial charge < -0.3 is 10.3 Å². The Kier molecular flexibility index (Phi) is 2.87. The molecule has 0 aliphatic rings. The van der Waals surface area contributed by atoms with Crippen molar-refractivity contribution in [2.45, 2.75) is 0 Å². The van der Waals surface area contributed by atoms with Crippen molar-refractivity contribution in [1.29, 1.82) is 0 Å². The van der Waals surface area contributed by atoms with Crippen molar-refractivity contribution in [2.75, 3.05) is 5.32 Å². The highest BCUT2D eigenvalue weighted by atomic mass is 79.9. The third-order valence-corrected chi connectivity index (χ3v) is 3.68. The first-order valence-electron chi connectivity index (χ1n) is 5.71. The summed E-state index contributed by atoms with van der Waals surface area (Å²) in [6, 6.07) is 7.94. The Balaban J connectivity index is 2.00. The summed E-state index contributed by atoms with van der Waals surface area (Å²) < 4.78 is 1.75. The molecule has 3 aromatic rings. The highest BCUT2D eigenvalue weighted by Gasteiger charge is 2.07. The normalized spacial score (nSPS) is 10.8. The molecule has 0 amide bonds. The lowest BCUT2D eigenvalue weighted by Gasteiger charge is -2.08. The van der Waals surface area contributed by atoms with Crippen LogP contribution in [0.15, 0.2) is 45.9 Å². The molecule has 6 heteroatoms. The lowest BCUT2D eigenvalue weighted by Crippen LogP contribution is -2.20. The van der Waals surface area contributed by atoms with Gasteiger partial charge in [-0.05, 0) is 40.2 Å². The van der Waals surface area contributed by atoms with E-state index >= 15 is 0 Å². The van der Waals surface area contributed by atoms with Crippen LogP contribution in [0.25, 0.3) is 10.9 Å². The number of aromatic nitrogens is 3. The summed E-state index contributed by atoms with van der Waals surface area (Å²) in [6.07, 6.45) is 3.51. The van der Waals surface area contributed by atoms with Crippen molar-refractivity contribution in [2.24, 2.45) is 7.05 Å². The van der Waals surface area contributed by atoms with E-state index in [-0.39, 0.29) is 5.56 Å². The molecule has 0 radical (unpaired) electrons. The molecular weight excluding hydrogens is 308 g/mol. The molecule has 0 fully saturated rings. The molecule has 2 N–H and O–H groups in total. The second kappa shape index (κ2) is 4.55. The number of H-pyrrole nitrogens is 1. The molecule has 3 rings (SSSR count). The lowest BCUT2D eigenvalue weighted by atomic mass is 10.2. The SMILES string of the molecule is Cn1ncc(Nc2ccc3[nH]ccc3c2)c(Br)c1=O. The third kappa shape index (κ3) is 2.15. The van der Waals surface area contributed by atoms with E-state index < -0.39 is 0 Å². The number of nitrogens with one attached hydrogen (secondary N) is 2. The molecule has 19 heavy (non-hydrogen) atoms. The maximum Gasteiger partial charge on any atom is 0.282 e. The van der Waals surface area contributed by atoms with Gasteiger partial charge in [-0.1, -0.05) is 0 Å². The van der Waals surface area contributed by atoms with E-state index in [0.29, 0.717) is 10.2 Å². The van der Waals surface area contributed by atoms with Crippen LogP contribution in [0.4, 0.5) is 11.4 Å². The number of fused-ring (bicyclic) bond motifs is 1. The van der Waals surface area contributed by atoms with Crippen molar-refractivity contribution in [1.82, 2.24) is 14.8 Å². The zero-order valence-electron chi connectivity index (χ0n) is 10.1. The van der Waals surface area contributed by atoms with Gasteiger partial charge in [-0.2, -0.15) is 5.10 Å². The smallest absolute Gasteiger partial charge is 0.282 e. The van der Waals surface area contributed by atoms with Gasteiger partial charge >= 0.3 is 0 Å². The van der Waals surface area contributed by atoms with Gasteiger partial charge in [0, 0.05) is 29.8 Å². The predicted octanol–water partition coefficient (Wildman–Crippen LogP) is 2.77. The molecular formula is C13H11BrN4O. The number of aromatic amines is 1. The monoisotopic (exact) mass is 318 g/mol. The zero-order valence-corrected chi connectivity index (χ0v) is 11.7. The van der Waals surface area contributed by atoms with Crippen LogP contribution >= 0.6 is 15.9 Å². The second-order valence-electron chi connectivity index (χ2n) is 4.21. The number of anilines is 2. The third-order valence-electron chi connectivity index (χ3n) is 2.91. The van der Waals surface area contributed by atoms with Crippen LogP contribution in [0.3, 0.4) is 0 Å². The number of hydrogen-bond donors (Lipinski definition) is 2. The van der Waals surface area contributed by atoms with Crippen molar-refractivity contribution in [3.63, 3.8) is 0 Å². The summed E-state index contributed by atoms with van der Waals surface area (Å²) in [4.78, 5) is 14.9. The number of rotatable bonds is 2. The first kappa shape index (κ1) is 12.0. The van der Waals surface area contributed by atoms with Crippen molar-refractivity contribution >= 4 is 38.2 Å². The molecule has 1 aromatic carbocycles. The van der Waals surface area contributed by atoms with E-state index in [9.17, 15) is 4.79 Å². The quantitative estimate of drug-likeness (QED) is 0.763. The minimum Gasteiger partial charge on any atom is -0.361 e. The predicted molar refractivity (Wildman–Crippen MR) is 78.8 cm³/mol. The summed E-state index contributed by atoms with van der Waals surface area (Å²) in [6.45, 7) is 0. The molecule has 0 saturated heterocycles. The molecule has 0 unspecified atom stereocenters. The standard InChI is InChI=1S/C13H11BrN4O/c1-18-13(19)12(14)11(7-16-18)17-9-2-3-10-8(6-9)4-5-15-10/h2-7,15,17H,1H3. The largest absolute Gasteiger partial charge is 0.361 e. The van der Waals surface area contributed by atoms with Crippen LogP contribution in [0.2, 0.25) is 0 Å². The van der Waals surface area contributed by atoms with E-state index in [0.717, 1.165) is 16.6 Å². The van der Waals surface area contributed by atoms with Crippen LogP contribution in [0.1, 0.15) is 0 Å². The zero-order chi connectivity index (χ0) is 13.4. The van der Waals surface area contributed by atoms with Gasteiger partial charge in [0.15, 0.2) is 0 Å². The Hall–Kier alpha value is -2.08. The highest BCUT2D eigenvalue weighted by molar-refractivity contribution is 9.10. The Bertz CT molecular complexity index is 806. The van der Waals surface area contributed by atoms with Gasteiger partial charge in [-0.15, -0.1) is 0 Å². The Morgan fingerprint density at radius 3 is 3.05 bits per heavy atom. The average molecular weight is 319 g/mol. The summed E-state index contributed by atoms with van der Waals surface area (Å²) in [7, 11) is 1.61. The van der Waals surface area contributed by atoms with Gasteiger partial charge in [-0.25, -0.2) is 4.68 Å². The second-order valence-corrected chi connectivity index (χ2v) is 5.00. The highest BCUT2D eigenvalue weighted by Crippen LogP contribution is 2.24. The fraction of sp³-hybridized carbons (Fsp3) is 0.0769. The maximum absolute atomic E-state index is 11.8. The van der Waals surface area contributed by atoms with E-state index in [4.69, 9.17) is 0 Å². The van der Waals surface area contributed by atoms with Gasteiger partial charge in [0.1, 0.15) is 4.47 Å². The Labute approximate surface area is 117 Å². The van der Waals surface area contributed by atoms with Gasteiger partial charge in [0.05, 0.1) is 11.9 Å². The molecule has 0 spiro atoms. The van der Waals surface area contributed by atoms with Crippen molar-refractivity contribution < 1.29 is 0 Å². The number of halogens is 1. The molecule has 0 bridgehead atoms. The molecule has 96 valence electrons. The van der Waals surface area contributed by atoms with Crippen LogP contribution < -0.4 is 10.9 Å². The number of nitrogens with zero attached hydrogens (tertiary/aromatic N) is 2. The van der Waals surface area contributed by atoms with Crippen molar-refractivity contribution in [3.05, 3.63) is 51.5 Å². The molecule has 0 aliphatic carbocycles. The summed E-state index contributed by atoms with van der Waals surface area (Å²) in [5.41, 5.74) is 2.46. The van der Waals surface area contributed by atoms with E-state index in [1.807, 2.05) is 30.5 Å². The lowest BCUT2D eigenvalue weighted by molar-refractivity contribution is 0.704.